The summed E-state index contributed by atoms with van der Waals surface area (Å²) in [5.41, 5.74) is 0. The van der Waals surface area contributed by atoms with Gasteiger partial charge in [0.2, 0.25) is 0 Å². The van der Waals surface area contributed by atoms with Gasteiger partial charge in [0.05, 0.1) is 0 Å². The van der Waals surface area contributed by atoms with E-state index in [2.05, 4.69) is 49.5 Å². The van der Waals surface area contributed by atoms with Crippen molar-refractivity contribution in [3.8, 4) is 0 Å². The molecule has 0 saturated heterocycles. The number of rotatable bonds is 2. The van der Waals surface area contributed by atoms with Crippen molar-refractivity contribution in [1.29, 1.82) is 0 Å². The Morgan fingerprint density at radius 3 is 2.36 bits per heavy atom. The number of benzene rings is 1. The standard InChI is InChI=1S/C13H18Si/c1-14(2,13-10-6-7-11-13)12-8-4-3-5-9-12/h3-5,8-10H,6-7,11H2,1-2H3. The van der Waals surface area contributed by atoms with E-state index in [9.17, 15) is 0 Å². The Hall–Kier alpha value is -0.823. The van der Waals surface area contributed by atoms with Crippen LogP contribution in [0.1, 0.15) is 19.3 Å². The van der Waals surface area contributed by atoms with Gasteiger partial charge in [0, 0.05) is 0 Å². The fourth-order valence-electron chi connectivity index (χ4n) is 2.28. The molecule has 0 saturated carbocycles. The summed E-state index contributed by atoms with van der Waals surface area (Å²) in [7, 11) is -1.29. The van der Waals surface area contributed by atoms with E-state index >= 15 is 0 Å². The summed E-state index contributed by atoms with van der Waals surface area (Å²) in [6, 6.07) is 11.0. The normalized spacial score (nSPS) is 16.9. The zero-order valence-corrected chi connectivity index (χ0v) is 10.1. The van der Waals surface area contributed by atoms with Crippen LogP contribution in [0, 0.1) is 0 Å². The molecule has 0 unspecified atom stereocenters. The van der Waals surface area contributed by atoms with Crippen molar-refractivity contribution in [1.82, 2.24) is 0 Å². The fourth-order valence-corrected chi connectivity index (χ4v) is 5.13. The third-order valence-electron chi connectivity index (χ3n) is 3.34. The van der Waals surface area contributed by atoms with Crippen LogP contribution in [0.3, 0.4) is 0 Å². The van der Waals surface area contributed by atoms with Crippen LogP contribution in [0.5, 0.6) is 0 Å². The van der Waals surface area contributed by atoms with Crippen molar-refractivity contribution >= 4 is 13.3 Å². The van der Waals surface area contributed by atoms with Crippen LogP contribution in [0.25, 0.3) is 0 Å². The summed E-state index contributed by atoms with van der Waals surface area (Å²) in [5.74, 6) is 0. The van der Waals surface area contributed by atoms with Gasteiger partial charge in [0.15, 0.2) is 0 Å². The molecule has 0 radical (unpaired) electrons. The monoisotopic (exact) mass is 202 g/mol. The van der Waals surface area contributed by atoms with E-state index in [1.807, 2.05) is 0 Å². The van der Waals surface area contributed by atoms with Crippen molar-refractivity contribution in [2.75, 3.05) is 0 Å². The zero-order chi connectivity index (χ0) is 10.0. The van der Waals surface area contributed by atoms with E-state index < -0.39 is 8.07 Å². The molecule has 1 aliphatic carbocycles. The maximum atomic E-state index is 2.49. The second-order valence-corrected chi connectivity index (χ2v) is 9.08. The van der Waals surface area contributed by atoms with E-state index in [1.54, 1.807) is 10.4 Å². The first-order valence-electron chi connectivity index (χ1n) is 5.46. The molecule has 74 valence electrons. The van der Waals surface area contributed by atoms with Crippen LogP contribution in [0.2, 0.25) is 13.1 Å². The predicted molar refractivity (Wildman–Crippen MR) is 65.5 cm³/mol. The van der Waals surface area contributed by atoms with E-state index in [4.69, 9.17) is 0 Å². The van der Waals surface area contributed by atoms with E-state index in [-0.39, 0.29) is 0 Å². The van der Waals surface area contributed by atoms with Gasteiger partial charge >= 0.3 is 0 Å². The molecular formula is C13H18Si. The first-order chi connectivity index (χ1) is 6.71. The summed E-state index contributed by atoms with van der Waals surface area (Å²) in [5, 5.41) is 3.33. The molecule has 0 amide bonds. The Morgan fingerprint density at radius 1 is 1.07 bits per heavy atom. The molecule has 1 aliphatic rings. The molecule has 2 rings (SSSR count). The quantitative estimate of drug-likeness (QED) is 0.646. The lowest BCUT2D eigenvalue weighted by atomic mass is 10.4. The van der Waals surface area contributed by atoms with Crippen LogP contribution in [0.15, 0.2) is 41.6 Å². The lowest BCUT2D eigenvalue weighted by Crippen LogP contribution is -2.43. The molecule has 0 spiro atoms. The summed E-state index contributed by atoms with van der Waals surface area (Å²) in [6.07, 6.45) is 6.50. The van der Waals surface area contributed by atoms with Gasteiger partial charge in [-0.05, 0) is 19.3 Å². The van der Waals surface area contributed by atoms with Gasteiger partial charge in [0.25, 0.3) is 0 Å². The molecule has 0 fully saturated rings. The largest absolute Gasteiger partial charge is 0.107 e. The SMILES string of the molecule is C[Si](C)(C1=CCCC1)c1ccccc1. The van der Waals surface area contributed by atoms with Gasteiger partial charge in [-0.1, -0.05) is 59.9 Å². The molecule has 1 heteroatoms. The minimum atomic E-state index is -1.29. The van der Waals surface area contributed by atoms with Crippen LogP contribution < -0.4 is 5.19 Å². The molecule has 0 aromatic heterocycles. The van der Waals surface area contributed by atoms with Gasteiger partial charge in [-0.25, -0.2) is 0 Å². The molecule has 0 bridgehead atoms. The maximum Gasteiger partial charge on any atom is 0.107 e. The van der Waals surface area contributed by atoms with Gasteiger partial charge in [-0.3, -0.25) is 0 Å². The molecule has 0 nitrogen and oxygen atoms in total. The highest BCUT2D eigenvalue weighted by Gasteiger charge is 2.28. The lowest BCUT2D eigenvalue weighted by Gasteiger charge is -2.24. The molecule has 0 N–H and O–H groups in total. The van der Waals surface area contributed by atoms with Gasteiger partial charge in [0.1, 0.15) is 8.07 Å². The van der Waals surface area contributed by atoms with Gasteiger partial charge < -0.3 is 0 Å². The van der Waals surface area contributed by atoms with Crippen molar-refractivity contribution in [2.24, 2.45) is 0 Å². The Kier molecular flexibility index (Phi) is 2.59. The third kappa shape index (κ3) is 1.69. The fraction of sp³-hybridized carbons (Fsp3) is 0.385. The predicted octanol–water partition coefficient (Wildman–Crippen LogP) is 3.25. The smallest absolute Gasteiger partial charge is 0.0888 e. The average Bonchev–Trinajstić information content (AvgIpc) is 2.72. The van der Waals surface area contributed by atoms with Crippen molar-refractivity contribution < 1.29 is 0 Å². The first kappa shape index (κ1) is 9.72. The maximum absolute atomic E-state index is 2.49. The lowest BCUT2D eigenvalue weighted by molar-refractivity contribution is 0.921. The molecule has 0 aliphatic heterocycles. The average molecular weight is 202 g/mol. The second kappa shape index (κ2) is 3.74. The Bertz CT molecular complexity index is 336. The van der Waals surface area contributed by atoms with Crippen molar-refractivity contribution in [3.63, 3.8) is 0 Å². The van der Waals surface area contributed by atoms with E-state index in [1.165, 1.54) is 19.3 Å². The topological polar surface area (TPSA) is 0 Å². The van der Waals surface area contributed by atoms with Crippen LogP contribution in [0.4, 0.5) is 0 Å². The summed E-state index contributed by atoms with van der Waals surface area (Å²) < 4.78 is 0. The second-order valence-electron chi connectivity index (χ2n) is 4.61. The van der Waals surface area contributed by atoms with Crippen LogP contribution >= 0.6 is 0 Å². The number of hydrogen-bond acceptors (Lipinski definition) is 0. The highest BCUT2D eigenvalue weighted by atomic mass is 28.3. The number of allylic oxidation sites excluding steroid dienone is 2. The van der Waals surface area contributed by atoms with E-state index in [0.717, 1.165) is 0 Å². The van der Waals surface area contributed by atoms with Crippen molar-refractivity contribution in [3.05, 3.63) is 41.6 Å². The Balaban J connectivity index is 2.32. The highest BCUT2D eigenvalue weighted by molar-refractivity contribution is 6.95. The van der Waals surface area contributed by atoms with E-state index in [0.29, 0.717) is 0 Å². The van der Waals surface area contributed by atoms with Crippen molar-refractivity contribution in [2.45, 2.75) is 32.4 Å². The van der Waals surface area contributed by atoms with Gasteiger partial charge in [-0.2, -0.15) is 0 Å². The van der Waals surface area contributed by atoms with Crippen LogP contribution in [-0.2, 0) is 0 Å². The van der Waals surface area contributed by atoms with Crippen LogP contribution in [-0.4, -0.2) is 8.07 Å². The minimum Gasteiger partial charge on any atom is -0.0888 e. The Morgan fingerprint density at radius 2 is 1.79 bits per heavy atom. The minimum absolute atomic E-state index is 1.29. The van der Waals surface area contributed by atoms with Gasteiger partial charge in [-0.15, -0.1) is 0 Å². The summed E-state index contributed by atoms with van der Waals surface area (Å²) in [6.45, 7) is 4.94. The molecule has 0 heterocycles. The molecule has 1 aromatic carbocycles. The Labute approximate surface area is 87.7 Å². The zero-order valence-electron chi connectivity index (χ0n) is 9.09. The number of hydrogen-bond donors (Lipinski definition) is 0. The molecule has 14 heavy (non-hydrogen) atoms. The third-order valence-corrected chi connectivity index (χ3v) is 7.18. The molecular weight excluding hydrogens is 184 g/mol. The molecule has 1 aromatic rings. The molecule has 0 atom stereocenters. The highest BCUT2D eigenvalue weighted by Crippen LogP contribution is 2.26. The summed E-state index contributed by atoms with van der Waals surface area (Å²) >= 11 is 0. The summed E-state index contributed by atoms with van der Waals surface area (Å²) in [4.78, 5) is 0. The first-order valence-corrected chi connectivity index (χ1v) is 8.46.